The number of carbonyl (C=O) groups excluding carboxylic acids is 1. The summed E-state index contributed by atoms with van der Waals surface area (Å²) < 4.78 is 38.0. The molecule has 0 aliphatic carbocycles. The van der Waals surface area contributed by atoms with Gasteiger partial charge >= 0.3 is 5.97 Å². The number of hydrogen-bond acceptors (Lipinski definition) is 8. The van der Waals surface area contributed by atoms with Gasteiger partial charge in [-0.25, -0.2) is 23.2 Å². The number of sulfonamides is 1. The van der Waals surface area contributed by atoms with Crippen molar-refractivity contribution in [3.05, 3.63) is 102 Å². The largest absolute Gasteiger partial charge is 0.507 e. The van der Waals surface area contributed by atoms with Crippen molar-refractivity contribution in [3.8, 4) is 22.9 Å². The highest BCUT2D eigenvalue weighted by atomic mass is 32.2. The molecule has 0 bridgehead atoms. The third kappa shape index (κ3) is 7.05. The Balaban J connectivity index is 1.38. The van der Waals surface area contributed by atoms with E-state index in [9.17, 15) is 18.3 Å². The maximum atomic E-state index is 12.6. The van der Waals surface area contributed by atoms with Crippen LogP contribution in [0.15, 0.2) is 85.2 Å². The molecule has 0 fully saturated rings. The van der Waals surface area contributed by atoms with E-state index in [1.807, 2.05) is 30.3 Å². The van der Waals surface area contributed by atoms with Crippen LogP contribution >= 0.6 is 0 Å². The number of ether oxygens (including phenoxy) is 2. The fourth-order valence-corrected chi connectivity index (χ4v) is 4.57. The molecule has 10 heteroatoms. The molecule has 0 radical (unpaired) electrons. The van der Waals surface area contributed by atoms with Crippen molar-refractivity contribution in [2.24, 2.45) is 0 Å². The van der Waals surface area contributed by atoms with Crippen molar-refractivity contribution in [1.82, 2.24) is 9.97 Å². The van der Waals surface area contributed by atoms with Crippen molar-refractivity contribution >= 4 is 21.7 Å². The van der Waals surface area contributed by atoms with Gasteiger partial charge in [-0.3, -0.25) is 4.72 Å². The summed E-state index contributed by atoms with van der Waals surface area (Å²) in [5, 5.41) is 9.80. The van der Waals surface area contributed by atoms with E-state index in [0.717, 1.165) is 5.56 Å². The lowest BCUT2D eigenvalue weighted by Gasteiger charge is -2.10. The van der Waals surface area contributed by atoms with Crippen molar-refractivity contribution in [2.45, 2.75) is 13.0 Å². The molecule has 0 amide bonds. The van der Waals surface area contributed by atoms with Crippen LogP contribution in [0.2, 0.25) is 0 Å². The minimum atomic E-state index is -3.54. The van der Waals surface area contributed by atoms with Gasteiger partial charge in [0, 0.05) is 29.2 Å². The number of nitrogens with zero attached hydrogens (tertiary/aromatic N) is 2. The third-order valence-corrected chi connectivity index (χ3v) is 6.67. The number of esters is 1. The molecule has 0 saturated carbocycles. The van der Waals surface area contributed by atoms with Gasteiger partial charge in [0.25, 0.3) is 0 Å². The summed E-state index contributed by atoms with van der Waals surface area (Å²) in [4.78, 5) is 20.5. The number of aryl methyl sites for hydroxylation is 1. The summed E-state index contributed by atoms with van der Waals surface area (Å²) >= 11 is 0. The lowest BCUT2D eigenvalue weighted by Crippen LogP contribution is -2.18. The highest BCUT2D eigenvalue weighted by Gasteiger charge is 2.14. The Hall–Kier alpha value is -4.44. The minimum absolute atomic E-state index is 0.00201. The van der Waals surface area contributed by atoms with Crippen molar-refractivity contribution in [2.75, 3.05) is 17.6 Å². The molecular formula is C27H25N3O6S. The lowest BCUT2D eigenvalue weighted by molar-refractivity contribution is 0.0597. The number of aromatic nitrogens is 2. The van der Waals surface area contributed by atoms with Gasteiger partial charge in [0.15, 0.2) is 5.82 Å². The quantitative estimate of drug-likeness (QED) is 0.299. The predicted octanol–water partition coefficient (Wildman–Crippen LogP) is 4.20. The Morgan fingerprint density at radius 1 is 0.946 bits per heavy atom. The van der Waals surface area contributed by atoms with Crippen LogP contribution in [0.5, 0.6) is 11.5 Å². The molecule has 9 nitrogen and oxygen atoms in total. The van der Waals surface area contributed by atoms with E-state index in [1.165, 1.54) is 25.3 Å². The van der Waals surface area contributed by atoms with Gasteiger partial charge in [0.05, 0.1) is 12.9 Å². The molecule has 2 N–H and O–H groups in total. The van der Waals surface area contributed by atoms with Crippen LogP contribution in [0.25, 0.3) is 11.4 Å². The van der Waals surface area contributed by atoms with E-state index < -0.39 is 16.0 Å². The van der Waals surface area contributed by atoms with Gasteiger partial charge < -0.3 is 14.6 Å². The summed E-state index contributed by atoms with van der Waals surface area (Å²) in [6.07, 6.45) is 3.61. The number of phenolic OH excluding ortho intramolecular Hbond substituents is 1. The van der Waals surface area contributed by atoms with Crippen LogP contribution in [-0.4, -0.2) is 42.3 Å². The molecule has 1 aromatic heterocycles. The SMILES string of the molecule is COC(=O)c1cc(OCc2cnc(-c3cccc(NS(=O)(=O)CCc4ccccc4)c3)nc2)ccc1O. The molecule has 0 atom stereocenters. The lowest BCUT2D eigenvalue weighted by atomic mass is 10.2. The number of methoxy groups -OCH3 is 1. The summed E-state index contributed by atoms with van der Waals surface area (Å²) in [5.41, 5.74) is 2.71. The number of benzene rings is 3. The number of phenols is 1. The second-order valence-electron chi connectivity index (χ2n) is 8.11. The standard InChI is InChI=1S/C27H25N3O6S/c1-35-27(32)24-15-23(10-11-25(24)31)36-18-20-16-28-26(29-17-20)21-8-5-9-22(14-21)30-37(33,34)13-12-19-6-3-2-4-7-19/h2-11,14-17,30-31H,12-13,18H2,1H3. The van der Waals surface area contributed by atoms with Crippen LogP contribution in [0.4, 0.5) is 5.69 Å². The highest BCUT2D eigenvalue weighted by Crippen LogP contribution is 2.25. The Morgan fingerprint density at radius 2 is 1.70 bits per heavy atom. The van der Waals surface area contributed by atoms with Crippen LogP contribution in [0.3, 0.4) is 0 Å². The van der Waals surface area contributed by atoms with Crippen LogP contribution in [-0.2, 0) is 27.8 Å². The molecule has 37 heavy (non-hydrogen) atoms. The molecule has 1 heterocycles. The molecule has 3 aromatic carbocycles. The smallest absolute Gasteiger partial charge is 0.341 e. The molecule has 190 valence electrons. The first kappa shape index (κ1) is 25.6. The fourth-order valence-electron chi connectivity index (χ4n) is 3.47. The third-order valence-electron chi connectivity index (χ3n) is 5.38. The summed E-state index contributed by atoms with van der Waals surface area (Å²) in [7, 11) is -2.31. The zero-order valence-electron chi connectivity index (χ0n) is 20.0. The number of aromatic hydroxyl groups is 1. The van der Waals surface area contributed by atoms with E-state index >= 15 is 0 Å². The van der Waals surface area contributed by atoms with Gasteiger partial charge in [0.1, 0.15) is 23.7 Å². The summed E-state index contributed by atoms with van der Waals surface area (Å²) in [6.45, 7) is 0.132. The number of rotatable bonds is 10. The fraction of sp³-hybridized carbons (Fsp3) is 0.148. The number of nitrogens with one attached hydrogen (secondary N) is 1. The normalized spacial score (nSPS) is 11.1. The number of hydrogen-bond donors (Lipinski definition) is 2. The van der Waals surface area contributed by atoms with Gasteiger partial charge in [-0.1, -0.05) is 42.5 Å². The topological polar surface area (TPSA) is 128 Å². The summed E-state index contributed by atoms with van der Waals surface area (Å²) in [5.74, 6) is -0.112. The number of anilines is 1. The van der Waals surface area contributed by atoms with Crippen LogP contribution in [0, 0.1) is 0 Å². The van der Waals surface area contributed by atoms with E-state index in [-0.39, 0.29) is 23.7 Å². The minimum Gasteiger partial charge on any atom is -0.507 e. The Labute approximate surface area is 214 Å². The number of carbonyl (C=O) groups is 1. The zero-order chi connectivity index (χ0) is 26.3. The van der Waals surface area contributed by atoms with Gasteiger partial charge in [0.2, 0.25) is 10.0 Å². The monoisotopic (exact) mass is 519 g/mol. The molecule has 0 unspecified atom stereocenters. The van der Waals surface area contributed by atoms with E-state index in [4.69, 9.17) is 4.74 Å². The maximum absolute atomic E-state index is 12.6. The average Bonchev–Trinajstić information content (AvgIpc) is 2.92. The molecule has 0 aliphatic rings. The first-order valence-corrected chi connectivity index (χ1v) is 13.0. The van der Waals surface area contributed by atoms with E-state index in [2.05, 4.69) is 19.4 Å². The average molecular weight is 520 g/mol. The van der Waals surface area contributed by atoms with Gasteiger partial charge in [-0.2, -0.15) is 0 Å². The van der Waals surface area contributed by atoms with Crippen LogP contribution < -0.4 is 9.46 Å². The first-order valence-electron chi connectivity index (χ1n) is 11.3. The van der Waals surface area contributed by atoms with Gasteiger partial charge in [-0.15, -0.1) is 0 Å². The molecule has 4 aromatic rings. The van der Waals surface area contributed by atoms with Crippen molar-refractivity contribution < 1.29 is 27.8 Å². The Bertz CT molecular complexity index is 1480. The maximum Gasteiger partial charge on any atom is 0.341 e. The summed E-state index contributed by atoms with van der Waals surface area (Å²) in [6, 6.07) is 20.6. The molecule has 0 aliphatic heterocycles. The highest BCUT2D eigenvalue weighted by molar-refractivity contribution is 7.92. The van der Waals surface area contributed by atoms with E-state index in [1.54, 1.807) is 36.7 Å². The molecule has 4 rings (SSSR count). The molecular weight excluding hydrogens is 494 g/mol. The molecule has 0 saturated heterocycles. The van der Waals surface area contributed by atoms with E-state index in [0.29, 0.717) is 34.8 Å². The predicted molar refractivity (Wildman–Crippen MR) is 139 cm³/mol. The van der Waals surface area contributed by atoms with Crippen molar-refractivity contribution in [1.29, 1.82) is 0 Å². The van der Waals surface area contributed by atoms with Crippen molar-refractivity contribution in [3.63, 3.8) is 0 Å². The molecule has 0 spiro atoms. The second kappa shape index (κ2) is 11.5. The second-order valence-corrected chi connectivity index (χ2v) is 9.95. The zero-order valence-corrected chi connectivity index (χ0v) is 20.8. The Morgan fingerprint density at radius 3 is 2.43 bits per heavy atom. The Kier molecular flexibility index (Phi) is 7.99. The van der Waals surface area contributed by atoms with Crippen LogP contribution in [0.1, 0.15) is 21.5 Å². The first-order chi connectivity index (χ1) is 17.8. The van der Waals surface area contributed by atoms with Gasteiger partial charge in [-0.05, 0) is 42.3 Å².